The van der Waals surface area contributed by atoms with Crippen molar-refractivity contribution in [1.82, 2.24) is 4.90 Å². The lowest BCUT2D eigenvalue weighted by molar-refractivity contribution is -0.138. The lowest BCUT2D eigenvalue weighted by atomic mass is 10.1. The molecule has 0 aromatic heterocycles. The molecule has 2 heterocycles. The molecule has 0 saturated carbocycles. The molecule has 9 heteroatoms. The highest BCUT2D eigenvalue weighted by atomic mass is 16.5. The summed E-state index contributed by atoms with van der Waals surface area (Å²) in [5.74, 6) is -1.47. The van der Waals surface area contributed by atoms with E-state index in [4.69, 9.17) is 9.47 Å². The van der Waals surface area contributed by atoms with E-state index in [1.165, 1.54) is 7.11 Å². The third kappa shape index (κ3) is 4.48. The van der Waals surface area contributed by atoms with Gasteiger partial charge in [-0.1, -0.05) is 0 Å². The minimum absolute atomic E-state index is 0.0307. The number of methoxy groups -OCH3 is 1. The molecule has 0 bridgehead atoms. The minimum Gasteiger partial charge on any atom is -0.465 e. The molecule has 0 atom stereocenters. The van der Waals surface area contributed by atoms with E-state index in [0.29, 0.717) is 32.0 Å². The van der Waals surface area contributed by atoms with E-state index >= 15 is 0 Å². The predicted molar refractivity (Wildman–Crippen MR) is 100 cm³/mol. The van der Waals surface area contributed by atoms with Crippen molar-refractivity contribution in [3.8, 4) is 0 Å². The van der Waals surface area contributed by atoms with Crippen LogP contribution in [0.15, 0.2) is 18.2 Å². The highest BCUT2D eigenvalue weighted by Crippen LogP contribution is 2.25. The van der Waals surface area contributed by atoms with Crippen LogP contribution in [0.2, 0.25) is 0 Å². The SMILES string of the molecule is COC(=O)c1cc(N2CCOCC2)ccc1NC(=O)CCN1C(=O)CCC1=O. The number of hydrogen-bond donors (Lipinski definition) is 1. The number of nitrogens with zero attached hydrogens (tertiary/aromatic N) is 2. The van der Waals surface area contributed by atoms with E-state index in [9.17, 15) is 19.2 Å². The average molecular weight is 389 g/mol. The molecular formula is C19H23N3O6. The van der Waals surface area contributed by atoms with Crippen LogP contribution in [0.25, 0.3) is 0 Å². The Labute approximate surface area is 162 Å². The third-order valence-electron chi connectivity index (χ3n) is 4.78. The highest BCUT2D eigenvalue weighted by molar-refractivity contribution is 6.04. The Bertz CT molecular complexity index is 772. The standard InChI is InChI=1S/C19H23N3O6/c1-27-19(26)14-12-13(21-8-10-28-11-9-21)2-3-15(14)20-16(23)6-7-22-17(24)4-5-18(22)25/h2-3,12H,4-11H2,1H3,(H,20,23). The molecule has 150 valence electrons. The summed E-state index contributed by atoms with van der Waals surface area (Å²) in [6.45, 7) is 2.68. The molecule has 28 heavy (non-hydrogen) atoms. The first-order valence-corrected chi connectivity index (χ1v) is 9.17. The first kappa shape index (κ1) is 19.8. The van der Waals surface area contributed by atoms with Gasteiger partial charge in [0.2, 0.25) is 17.7 Å². The van der Waals surface area contributed by atoms with Gasteiger partial charge >= 0.3 is 5.97 Å². The number of benzene rings is 1. The summed E-state index contributed by atoms with van der Waals surface area (Å²) in [6, 6.07) is 5.16. The summed E-state index contributed by atoms with van der Waals surface area (Å²) in [5, 5.41) is 2.68. The van der Waals surface area contributed by atoms with Crippen LogP contribution >= 0.6 is 0 Å². The van der Waals surface area contributed by atoms with Crippen molar-refractivity contribution in [3.63, 3.8) is 0 Å². The van der Waals surface area contributed by atoms with Gasteiger partial charge in [-0.25, -0.2) is 4.79 Å². The molecule has 0 aliphatic carbocycles. The fourth-order valence-corrected chi connectivity index (χ4v) is 3.24. The molecule has 2 saturated heterocycles. The smallest absolute Gasteiger partial charge is 0.340 e. The van der Waals surface area contributed by atoms with Crippen LogP contribution in [0, 0.1) is 0 Å². The Morgan fingerprint density at radius 3 is 2.46 bits per heavy atom. The van der Waals surface area contributed by atoms with Crippen molar-refractivity contribution in [3.05, 3.63) is 23.8 Å². The molecule has 3 amide bonds. The average Bonchev–Trinajstić information content (AvgIpc) is 3.04. The van der Waals surface area contributed by atoms with Crippen LogP contribution in [-0.4, -0.2) is 68.5 Å². The van der Waals surface area contributed by atoms with E-state index < -0.39 is 11.9 Å². The van der Waals surface area contributed by atoms with Crippen molar-refractivity contribution in [1.29, 1.82) is 0 Å². The third-order valence-corrected chi connectivity index (χ3v) is 4.78. The van der Waals surface area contributed by atoms with Gasteiger partial charge in [0.15, 0.2) is 0 Å². The summed E-state index contributed by atoms with van der Waals surface area (Å²) in [7, 11) is 1.28. The Morgan fingerprint density at radius 1 is 1.14 bits per heavy atom. The molecule has 0 unspecified atom stereocenters. The molecule has 0 spiro atoms. The van der Waals surface area contributed by atoms with Crippen molar-refractivity contribution < 1.29 is 28.7 Å². The Morgan fingerprint density at radius 2 is 1.82 bits per heavy atom. The Kier molecular flexibility index (Phi) is 6.25. The maximum Gasteiger partial charge on any atom is 0.340 e. The van der Waals surface area contributed by atoms with Crippen molar-refractivity contribution in [2.75, 3.05) is 50.2 Å². The van der Waals surface area contributed by atoms with Crippen LogP contribution in [0.5, 0.6) is 0 Å². The first-order chi connectivity index (χ1) is 13.5. The number of esters is 1. The summed E-state index contributed by atoms with van der Waals surface area (Å²) >= 11 is 0. The molecule has 2 aliphatic rings. The largest absolute Gasteiger partial charge is 0.465 e. The number of imide groups is 1. The topological polar surface area (TPSA) is 105 Å². The number of rotatable bonds is 6. The molecule has 0 radical (unpaired) electrons. The van der Waals surface area contributed by atoms with Gasteiger partial charge in [-0.15, -0.1) is 0 Å². The van der Waals surface area contributed by atoms with Crippen molar-refractivity contribution in [2.45, 2.75) is 19.3 Å². The van der Waals surface area contributed by atoms with Gasteiger partial charge in [-0.3, -0.25) is 19.3 Å². The van der Waals surface area contributed by atoms with Gasteiger partial charge in [0.1, 0.15) is 0 Å². The maximum absolute atomic E-state index is 12.3. The molecule has 2 aliphatic heterocycles. The van der Waals surface area contributed by atoms with Crippen molar-refractivity contribution in [2.24, 2.45) is 0 Å². The van der Waals surface area contributed by atoms with E-state index in [-0.39, 0.29) is 43.2 Å². The van der Waals surface area contributed by atoms with Crippen LogP contribution < -0.4 is 10.2 Å². The molecule has 3 rings (SSSR count). The molecule has 1 aromatic rings. The summed E-state index contributed by atoms with van der Waals surface area (Å²) < 4.78 is 10.2. The van der Waals surface area contributed by atoms with Gasteiger partial charge in [0.25, 0.3) is 0 Å². The fraction of sp³-hybridized carbons (Fsp3) is 0.474. The van der Waals surface area contributed by atoms with Gasteiger partial charge in [-0.2, -0.15) is 0 Å². The molecular weight excluding hydrogens is 366 g/mol. The number of amides is 3. The highest BCUT2D eigenvalue weighted by Gasteiger charge is 2.29. The second-order valence-electron chi connectivity index (χ2n) is 6.56. The van der Waals surface area contributed by atoms with E-state index in [2.05, 4.69) is 10.2 Å². The van der Waals surface area contributed by atoms with Gasteiger partial charge in [0.05, 0.1) is 31.6 Å². The van der Waals surface area contributed by atoms with Crippen LogP contribution in [0.1, 0.15) is 29.6 Å². The van der Waals surface area contributed by atoms with Crippen LogP contribution in [0.3, 0.4) is 0 Å². The van der Waals surface area contributed by atoms with Gasteiger partial charge in [-0.05, 0) is 18.2 Å². The molecule has 1 aromatic carbocycles. The molecule has 2 fully saturated rings. The quantitative estimate of drug-likeness (QED) is 0.566. The Hall–Kier alpha value is -2.94. The maximum atomic E-state index is 12.3. The summed E-state index contributed by atoms with van der Waals surface area (Å²) in [5.41, 5.74) is 1.41. The number of carbonyl (C=O) groups is 4. The number of ether oxygens (including phenoxy) is 2. The second kappa shape index (κ2) is 8.83. The lowest BCUT2D eigenvalue weighted by Crippen LogP contribution is -2.36. The van der Waals surface area contributed by atoms with E-state index in [1.54, 1.807) is 12.1 Å². The number of anilines is 2. The van der Waals surface area contributed by atoms with E-state index in [0.717, 1.165) is 10.6 Å². The molecule has 1 N–H and O–H groups in total. The number of hydrogen-bond acceptors (Lipinski definition) is 7. The van der Waals surface area contributed by atoms with Crippen LogP contribution in [-0.2, 0) is 23.9 Å². The molecule has 9 nitrogen and oxygen atoms in total. The minimum atomic E-state index is -0.560. The Balaban J connectivity index is 1.69. The van der Waals surface area contributed by atoms with Crippen molar-refractivity contribution >= 4 is 35.1 Å². The fourth-order valence-electron chi connectivity index (χ4n) is 3.24. The monoisotopic (exact) mass is 389 g/mol. The normalized spacial score (nSPS) is 17.0. The second-order valence-corrected chi connectivity index (χ2v) is 6.56. The lowest BCUT2D eigenvalue weighted by Gasteiger charge is -2.29. The zero-order valence-electron chi connectivity index (χ0n) is 15.7. The zero-order valence-corrected chi connectivity index (χ0v) is 15.7. The number of likely N-dealkylation sites (tertiary alicyclic amines) is 1. The predicted octanol–water partition coefficient (Wildman–Crippen LogP) is 0.787. The van der Waals surface area contributed by atoms with E-state index in [1.807, 2.05) is 6.07 Å². The number of morpholine rings is 1. The zero-order chi connectivity index (χ0) is 20.1. The summed E-state index contributed by atoms with van der Waals surface area (Å²) in [6.07, 6.45) is 0.342. The van der Waals surface area contributed by atoms with Gasteiger partial charge < -0.3 is 19.7 Å². The van der Waals surface area contributed by atoms with Gasteiger partial charge in [0, 0.05) is 44.6 Å². The summed E-state index contributed by atoms with van der Waals surface area (Å²) in [4.78, 5) is 50.9. The number of carbonyl (C=O) groups excluding carboxylic acids is 4. The first-order valence-electron chi connectivity index (χ1n) is 9.17. The van der Waals surface area contributed by atoms with Crippen LogP contribution in [0.4, 0.5) is 11.4 Å². The number of nitrogens with one attached hydrogen (secondary N) is 1.